The lowest BCUT2D eigenvalue weighted by molar-refractivity contribution is 0.371. The molecule has 2 aromatic rings. The molecule has 1 aliphatic heterocycles. The van der Waals surface area contributed by atoms with E-state index in [-0.39, 0.29) is 11.8 Å². The molecule has 0 fully saturated rings. The number of nitrogens with one attached hydrogen (secondary N) is 1. The highest BCUT2D eigenvalue weighted by Gasteiger charge is 2.23. The Morgan fingerprint density at radius 3 is 2.71 bits per heavy atom. The third kappa shape index (κ3) is 2.44. The van der Waals surface area contributed by atoms with Crippen LogP contribution in [-0.2, 0) is 6.42 Å². The second kappa shape index (κ2) is 5.47. The van der Waals surface area contributed by atoms with E-state index in [9.17, 15) is 5.11 Å². The molecule has 21 heavy (non-hydrogen) atoms. The molecule has 0 saturated heterocycles. The minimum absolute atomic E-state index is 0.0518. The lowest BCUT2D eigenvalue weighted by Gasteiger charge is -2.28. The number of fused-ring (bicyclic) bond motifs is 1. The number of ether oxygens (including phenoxy) is 1. The van der Waals surface area contributed by atoms with Crippen molar-refractivity contribution in [3.8, 4) is 17.6 Å². The van der Waals surface area contributed by atoms with Gasteiger partial charge in [0.1, 0.15) is 0 Å². The maximum atomic E-state index is 9.91. The fourth-order valence-corrected chi connectivity index (χ4v) is 2.78. The highest BCUT2D eigenvalue weighted by atomic mass is 16.5. The van der Waals surface area contributed by atoms with Gasteiger partial charge in [-0.3, -0.25) is 0 Å². The van der Waals surface area contributed by atoms with E-state index >= 15 is 0 Å². The monoisotopic (exact) mass is 280 g/mol. The zero-order valence-corrected chi connectivity index (χ0v) is 11.8. The van der Waals surface area contributed by atoms with Crippen molar-refractivity contribution in [2.75, 3.05) is 13.7 Å². The summed E-state index contributed by atoms with van der Waals surface area (Å²) in [6.45, 7) is 0.851. The Kier molecular flexibility index (Phi) is 3.51. The molecular formula is C17H16N2O2. The van der Waals surface area contributed by atoms with Gasteiger partial charge >= 0.3 is 0 Å². The van der Waals surface area contributed by atoms with Gasteiger partial charge in [0, 0.05) is 6.54 Å². The summed E-state index contributed by atoms with van der Waals surface area (Å²) in [5.74, 6) is 0.660. The first-order valence-electron chi connectivity index (χ1n) is 6.86. The van der Waals surface area contributed by atoms with Gasteiger partial charge in [-0.15, -0.1) is 0 Å². The predicted octanol–water partition coefficient (Wildman–Crippen LogP) is 2.51. The predicted molar refractivity (Wildman–Crippen MR) is 79.4 cm³/mol. The molecule has 2 aromatic carbocycles. The van der Waals surface area contributed by atoms with Crippen molar-refractivity contribution in [3.05, 3.63) is 58.7 Å². The third-order valence-electron chi connectivity index (χ3n) is 3.87. The summed E-state index contributed by atoms with van der Waals surface area (Å²) in [6.07, 6.45) is 0.875. The summed E-state index contributed by atoms with van der Waals surface area (Å²) in [6, 6.07) is 13.4. The van der Waals surface area contributed by atoms with E-state index in [0.717, 1.165) is 29.7 Å². The summed E-state index contributed by atoms with van der Waals surface area (Å²) in [5, 5.41) is 22.3. The van der Waals surface area contributed by atoms with Crippen molar-refractivity contribution in [1.82, 2.24) is 5.32 Å². The molecule has 0 radical (unpaired) electrons. The van der Waals surface area contributed by atoms with Gasteiger partial charge < -0.3 is 15.2 Å². The maximum absolute atomic E-state index is 9.91. The first-order valence-corrected chi connectivity index (χ1v) is 6.86. The number of benzene rings is 2. The van der Waals surface area contributed by atoms with E-state index in [1.54, 1.807) is 13.2 Å². The van der Waals surface area contributed by atoms with Crippen LogP contribution in [0.25, 0.3) is 0 Å². The second-order valence-corrected chi connectivity index (χ2v) is 5.09. The number of aromatic hydroxyl groups is 1. The number of hydrogen-bond acceptors (Lipinski definition) is 4. The summed E-state index contributed by atoms with van der Waals surface area (Å²) in [5.41, 5.74) is 3.99. The van der Waals surface area contributed by atoms with Crippen molar-refractivity contribution in [2.45, 2.75) is 12.5 Å². The normalized spacial score (nSPS) is 16.9. The number of phenolic OH excluding ortho intramolecular Hbond substituents is 1. The van der Waals surface area contributed by atoms with Crippen LogP contribution in [0.2, 0.25) is 0 Å². The largest absolute Gasteiger partial charge is 0.504 e. The van der Waals surface area contributed by atoms with E-state index in [1.807, 2.05) is 30.3 Å². The lowest BCUT2D eigenvalue weighted by atomic mass is 9.89. The van der Waals surface area contributed by atoms with Gasteiger partial charge in [-0.1, -0.05) is 12.1 Å². The molecule has 3 rings (SSSR count). The maximum Gasteiger partial charge on any atom is 0.160 e. The quantitative estimate of drug-likeness (QED) is 0.887. The minimum atomic E-state index is 0.0518. The summed E-state index contributed by atoms with van der Waals surface area (Å²) >= 11 is 0. The number of nitrogens with zero attached hydrogens (tertiary/aromatic N) is 1. The number of phenols is 1. The molecule has 0 saturated carbocycles. The summed E-state index contributed by atoms with van der Waals surface area (Å²) in [4.78, 5) is 0. The topological polar surface area (TPSA) is 65.3 Å². The van der Waals surface area contributed by atoms with E-state index in [4.69, 9.17) is 10.00 Å². The van der Waals surface area contributed by atoms with Gasteiger partial charge in [-0.05, 0) is 47.4 Å². The van der Waals surface area contributed by atoms with Gasteiger partial charge in [0.25, 0.3) is 0 Å². The van der Waals surface area contributed by atoms with Crippen molar-refractivity contribution in [1.29, 1.82) is 5.26 Å². The van der Waals surface area contributed by atoms with Crippen molar-refractivity contribution < 1.29 is 9.84 Å². The fraction of sp³-hybridized carbons (Fsp3) is 0.235. The molecule has 106 valence electrons. The van der Waals surface area contributed by atoms with Gasteiger partial charge in [-0.25, -0.2) is 0 Å². The minimum Gasteiger partial charge on any atom is -0.504 e. The van der Waals surface area contributed by atoms with Crippen LogP contribution in [0.15, 0.2) is 36.4 Å². The van der Waals surface area contributed by atoms with Crippen LogP contribution in [0.5, 0.6) is 11.5 Å². The molecule has 0 spiro atoms. The first kappa shape index (κ1) is 13.5. The Hall–Kier alpha value is -2.51. The lowest BCUT2D eigenvalue weighted by Crippen LogP contribution is -2.30. The summed E-state index contributed by atoms with van der Waals surface area (Å²) in [7, 11) is 1.55. The molecule has 1 atom stereocenters. The smallest absolute Gasteiger partial charge is 0.160 e. The number of methoxy groups -OCH3 is 1. The Balaban J connectivity index is 2.04. The van der Waals surface area contributed by atoms with Crippen LogP contribution in [0.4, 0.5) is 0 Å². The van der Waals surface area contributed by atoms with Gasteiger partial charge in [0.2, 0.25) is 0 Å². The van der Waals surface area contributed by atoms with Gasteiger partial charge in [0.05, 0.1) is 24.8 Å². The van der Waals surface area contributed by atoms with Crippen LogP contribution in [0.3, 0.4) is 0 Å². The number of nitriles is 1. The highest BCUT2D eigenvalue weighted by molar-refractivity contribution is 5.51. The van der Waals surface area contributed by atoms with E-state index < -0.39 is 0 Å². The average molecular weight is 280 g/mol. The van der Waals surface area contributed by atoms with E-state index in [2.05, 4.69) is 11.4 Å². The van der Waals surface area contributed by atoms with Crippen LogP contribution in [-0.4, -0.2) is 18.8 Å². The fourth-order valence-electron chi connectivity index (χ4n) is 2.78. The molecule has 0 aliphatic carbocycles. The molecule has 1 aliphatic rings. The number of rotatable bonds is 2. The Bertz CT molecular complexity index is 702. The van der Waals surface area contributed by atoms with Gasteiger partial charge in [-0.2, -0.15) is 5.26 Å². The SMILES string of the molecule is COc1cc2c(cc1O)CCNC2c1ccc(C#N)cc1. The van der Waals surface area contributed by atoms with Crippen LogP contribution in [0.1, 0.15) is 28.3 Å². The average Bonchev–Trinajstić information content (AvgIpc) is 2.53. The van der Waals surface area contributed by atoms with Gasteiger partial charge in [0.15, 0.2) is 11.5 Å². The Morgan fingerprint density at radius 2 is 2.05 bits per heavy atom. The van der Waals surface area contributed by atoms with Crippen LogP contribution >= 0.6 is 0 Å². The van der Waals surface area contributed by atoms with E-state index in [0.29, 0.717) is 11.3 Å². The highest BCUT2D eigenvalue weighted by Crippen LogP contribution is 2.36. The number of hydrogen-bond donors (Lipinski definition) is 2. The van der Waals surface area contributed by atoms with E-state index in [1.165, 1.54) is 0 Å². The standard InChI is InChI=1S/C17H16N2O2/c1-21-16-9-14-13(8-15(16)20)6-7-19-17(14)12-4-2-11(10-18)3-5-12/h2-5,8-9,17,19-20H,6-7H2,1H3. The molecule has 1 unspecified atom stereocenters. The molecule has 0 amide bonds. The molecule has 4 nitrogen and oxygen atoms in total. The van der Waals surface area contributed by atoms with Crippen LogP contribution < -0.4 is 10.1 Å². The molecule has 1 heterocycles. The van der Waals surface area contributed by atoms with Crippen molar-refractivity contribution in [2.24, 2.45) is 0 Å². The van der Waals surface area contributed by atoms with Crippen molar-refractivity contribution >= 4 is 0 Å². The summed E-state index contributed by atoms with van der Waals surface area (Å²) < 4.78 is 5.21. The molecule has 0 bridgehead atoms. The van der Waals surface area contributed by atoms with Crippen LogP contribution in [0, 0.1) is 11.3 Å². The van der Waals surface area contributed by atoms with Crippen molar-refractivity contribution in [3.63, 3.8) is 0 Å². The molecule has 2 N–H and O–H groups in total. The zero-order chi connectivity index (χ0) is 14.8. The third-order valence-corrected chi connectivity index (χ3v) is 3.87. The zero-order valence-electron chi connectivity index (χ0n) is 11.8. The molecule has 4 heteroatoms. The second-order valence-electron chi connectivity index (χ2n) is 5.09. The molecule has 0 aromatic heterocycles. The first-order chi connectivity index (χ1) is 10.2. The Labute approximate surface area is 123 Å². The Morgan fingerprint density at radius 1 is 1.29 bits per heavy atom. The molecular weight excluding hydrogens is 264 g/mol.